The van der Waals surface area contributed by atoms with Crippen molar-refractivity contribution in [3.63, 3.8) is 0 Å². The predicted molar refractivity (Wildman–Crippen MR) is 131 cm³/mol. The van der Waals surface area contributed by atoms with E-state index in [2.05, 4.69) is 42.1 Å². The van der Waals surface area contributed by atoms with E-state index >= 15 is 0 Å². The van der Waals surface area contributed by atoms with Crippen LogP contribution in [-0.2, 0) is 11.3 Å². The Morgan fingerprint density at radius 3 is 2.74 bits per heavy atom. The number of aryl methyl sites for hydroxylation is 1. The number of likely N-dealkylation sites (N-methyl/N-ethyl adjacent to an activating group) is 1. The Bertz CT molecular complexity index is 1380. The SMILES string of the molecule is CC(=O)Nc1cc(Nc2cc(Nc3ccn(CCN(C)C)n3)n3ncc(C#N)c3n2)ccc1C. The van der Waals surface area contributed by atoms with Crippen LogP contribution in [0.5, 0.6) is 0 Å². The topological polar surface area (TPSA) is 128 Å². The summed E-state index contributed by atoms with van der Waals surface area (Å²) in [4.78, 5) is 18.2. The average molecular weight is 459 g/mol. The van der Waals surface area contributed by atoms with Crippen molar-refractivity contribution in [1.29, 1.82) is 5.26 Å². The Labute approximate surface area is 197 Å². The lowest BCUT2D eigenvalue weighted by molar-refractivity contribution is -0.114. The van der Waals surface area contributed by atoms with Crippen LogP contribution in [0.3, 0.4) is 0 Å². The first-order valence-electron chi connectivity index (χ1n) is 10.7. The Morgan fingerprint density at radius 2 is 2.00 bits per heavy atom. The van der Waals surface area contributed by atoms with E-state index in [0.717, 1.165) is 24.3 Å². The van der Waals surface area contributed by atoms with Gasteiger partial charge in [-0.05, 0) is 38.7 Å². The minimum atomic E-state index is -0.144. The van der Waals surface area contributed by atoms with Crippen LogP contribution in [-0.4, -0.2) is 55.8 Å². The Morgan fingerprint density at radius 1 is 1.18 bits per heavy atom. The Kier molecular flexibility index (Phi) is 6.42. The molecule has 0 aliphatic rings. The molecule has 11 heteroatoms. The lowest BCUT2D eigenvalue weighted by Crippen LogP contribution is -2.18. The van der Waals surface area contributed by atoms with Gasteiger partial charge in [-0.25, -0.2) is 4.98 Å². The molecule has 0 fully saturated rings. The summed E-state index contributed by atoms with van der Waals surface area (Å²) in [6.07, 6.45) is 3.39. The lowest BCUT2D eigenvalue weighted by atomic mass is 10.1. The molecular formula is C23H26N10O. The van der Waals surface area contributed by atoms with Gasteiger partial charge >= 0.3 is 0 Å². The minimum absolute atomic E-state index is 0.144. The van der Waals surface area contributed by atoms with Gasteiger partial charge < -0.3 is 20.9 Å². The molecule has 3 aromatic heterocycles. The molecule has 11 nitrogen and oxygen atoms in total. The third-order valence-electron chi connectivity index (χ3n) is 5.09. The molecule has 0 saturated heterocycles. The highest BCUT2D eigenvalue weighted by Gasteiger charge is 2.13. The average Bonchev–Trinajstić information content (AvgIpc) is 3.41. The molecular weight excluding hydrogens is 432 g/mol. The number of hydrogen-bond donors (Lipinski definition) is 3. The minimum Gasteiger partial charge on any atom is -0.340 e. The van der Waals surface area contributed by atoms with Crippen molar-refractivity contribution in [3.8, 4) is 6.07 Å². The van der Waals surface area contributed by atoms with Gasteiger partial charge in [-0.1, -0.05) is 6.07 Å². The number of nitriles is 1. The van der Waals surface area contributed by atoms with E-state index in [-0.39, 0.29) is 5.91 Å². The molecule has 0 aliphatic heterocycles. The second kappa shape index (κ2) is 9.60. The maximum absolute atomic E-state index is 11.5. The zero-order chi connectivity index (χ0) is 24.2. The number of amides is 1. The fourth-order valence-electron chi connectivity index (χ4n) is 3.35. The summed E-state index contributed by atoms with van der Waals surface area (Å²) in [5, 5.41) is 27.7. The van der Waals surface area contributed by atoms with E-state index in [1.807, 2.05) is 56.2 Å². The molecule has 3 heterocycles. The first kappa shape index (κ1) is 22.8. The van der Waals surface area contributed by atoms with Crippen molar-refractivity contribution in [2.24, 2.45) is 0 Å². The Balaban J connectivity index is 1.65. The number of nitrogens with zero attached hydrogens (tertiary/aromatic N) is 7. The van der Waals surface area contributed by atoms with Gasteiger partial charge in [-0.2, -0.15) is 20.0 Å². The van der Waals surface area contributed by atoms with Crippen molar-refractivity contribution in [1.82, 2.24) is 29.3 Å². The molecule has 1 amide bonds. The first-order valence-corrected chi connectivity index (χ1v) is 10.7. The molecule has 174 valence electrons. The molecule has 0 spiro atoms. The second-order valence-electron chi connectivity index (χ2n) is 8.16. The molecule has 0 saturated carbocycles. The third-order valence-corrected chi connectivity index (χ3v) is 5.09. The number of benzene rings is 1. The van der Waals surface area contributed by atoms with Crippen LogP contribution in [0.15, 0.2) is 42.7 Å². The highest BCUT2D eigenvalue weighted by Crippen LogP contribution is 2.26. The van der Waals surface area contributed by atoms with Crippen LogP contribution in [0.1, 0.15) is 18.1 Å². The summed E-state index contributed by atoms with van der Waals surface area (Å²) < 4.78 is 3.43. The summed E-state index contributed by atoms with van der Waals surface area (Å²) in [7, 11) is 4.03. The van der Waals surface area contributed by atoms with E-state index in [0.29, 0.717) is 34.4 Å². The van der Waals surface area contributed by atoms with E-state index < -0.39 is 0 Å². The standard InChI is InChI=1S/C23H26N10O/c1-15-5-6-18(11-19(15)26-16(2)34)27-21-12-22(33-23(29-21)17(13-24)14-25-33)28-20-7-8-32(30-20)10-9-31(3)4/h5-8,11-12,14H,9-10H2,1-4H3,(H,26,34)(H,27,29)(H,28,30). The summed E-state index contributed by atoms with van der Waals surface area (Å²) >= 11 is 0. The molecule has 0 atom stereocenters. The zero-order valence-electron chi connectivity index (χ0n) is 19.5. The monoisotopic (exact) mass is 458 g/mol. The fraction of sp³-hybridized carbons (Fsp3) is 0.261. The van der Waals surface area contributed by atoms with Crippen LogP contribution in [0.2, 0.25) is 0 Å². The van der Waals surface area contributed by atoms with Crippen molar-refractivity contribution in [3.05, 3.63) is 53.9 Å². The number of carbonyl (C=O) groups excluding carboxylic acids is 1. The quantitative estimate of drug-likeness (QED) is 0.367. The number of anilines is 5. The highest BCUT2D eigenvalue weighted by atomic mass is 16.1. The molecule has 0 radical (unpaired) electrons. The number of rotatable bonds is 8. The number of hydrogen-bond acceptors (Lipinski definition) is 8. The van der Waals surface area contributed by atoms with Gasteiger partial charge in [0.1, 0.15) is 23.3 Å². The molecule has 34 heavy (non-hydrogen) atoms. The van der Waals surface area contributed by atoms with Gasteiger partial charge in [0.25, 0.3) is 0 Å². The van der Waals surface area contributed by atoms with Crippen LogP contribution in [0, 0.1) is 18.3 Å². The van der Waals surface area contributed by atoms with E-state index in [4.69, 9.17) is 0 Å². The van der Waals surface area contributed by atoms with Crippen molar-refractivity contribution < 1.29 is 4.79 Å². The van der Waals surface area contributed by atoms with Gasteiger partial charge in [0, 0.05) is 43.2 Å². The van der Waals surface area contributed by atoms with Gasteiger partial charge in [-0.15, -0.1) is 0 Å². The molecule has 0 bridgehead atoms. The number of fused-ring (bicyclic) bond motifs is 1. The highest BCUT2D eigenvalue weighted by molar-refractivity contribution is 5.90. The fourth-order valence-corrected chi connectivity index (χ4v) is 3.35. The summed E-state index contributed by atoms with van der Waals surface area (Å²) in [5.74, 6) is 1.61. The van der Waals surface area contributed by atoms with Crippen LogP contribution in [0.4, 0.5) is 28.8 Å². The van der Waals surface area contributed by atoms with Crippen molar-refractivity contribution in [2.75, 3.05) is 36.6 Å². The van der Waals surface area contributed by atoms with E-state index in [9.17, 15) is 10.1 Å². The van der Waals surface area contributed by atoms with Crippen molar-refractivity contribution in [2.45, 2.75) is 20.4 Å². The van der Waals surface area contributed by atoms with Crippen molar-refractivity contribution >= 4 is 40.4 Å². The maximum atomic E-state index is 11.5. The maximum Gasteiger partial charge on any atom is 0.221 e. The lowest BCUT2D eigenvalue weighted by Gasteiger charge is -2.13. The van der Waals surface area contributed by atoms with Gasteiger partial charge in [0.2, 0.25) is 5.91 Å². The van der Waals surface area contributed by atoms with Crippen LogP contribution in [0.25, 0.3) is 5.65 Å². The molecule has 4 rings (SSSR count). The smallest absolute Gasteiger partial charge is 0.221 e. The second-order valence-corrected chi connectivity index (χ2v) is 8.16. The largest absolute Gasteiger partial charge is 0.340 e. The van der Waals surface area contributed by atoms with Crippen LogP contribution < -0.4 is 16.0 Å². The molecule has 1 aromatic carbocycles. The predicted octanol–water partition coefficient (Wildman–Crippen LogP) is 3.11. The van der Waals surface area contributed by atoms with Gasteiger partial charge in [0.05, 0.1) is 12.7 Å². The summed E-state index contributed by atoms with van der Waals surface area (Å²) in [5.41, 5.74) is 3.16. The number of carbonyl (C=O) groups is 1. The zero-order valence-corrected chi connectivity index (χ0v) is 19.5. The Hall–Kier alpha value is -4.43. The first-order chi connectivity index (χ1) is 16.3. The molecule has 4 aromatic rings. The molecule has 0 aliphatic carbocycles. The van der Waals surface area contributed by atoms with Gasteiger partial charge in [0.15, 0.2) is 11.5 Å². The van der Waals surface area contributed by atoms with E-state index in [1.165, 1.54) is 13.1 Å². The normalized spacial score (nSPS) is 10.9. The van der Waals surface area contributed by atoms with Crippen LogP contribution >= 0.6 is 0 Å². The molecule has 0 unspecified atom stereocenters. The summed E-state index contributed by atoms with van der Waals surface area (Å²) in [6.45, 7) is 5.02. The summed E-state index contributed by atoms with van der Waals surface area (Å²) in [6, 6.07) is 11.4. The number of aromatic nitrogens is 5. The van der Waals surface area contributed by atoms with E-state index in [1.54, 1.807) is 10.6 Å². The van der Waals surface area contributed by atoms with Gasteiger partial charge in [-0.3, -0.25) is 9.48 Å². The molecule has 3 N–H and O–H groups in total. The third kappa shape index (κ3) is 5.13. The number of nitrogens with one attached hydrogen (secondary N) is 3.